The lowest BCUT2D eigenvalue weighted by Crippen LogP contribution is -2.37. The zero-order valence-electron chi connectivity index (χ0n) is 15.4. The molecule has 2 aromatic rings. The van der Waals surface area contributed by atoms with E-state index in [2.05, 4.69) is 10.2 Å². The highest BCUT2D eigenvalue weighted by Gasteiger charge is 2.25. The van der Waals surface area contributed by atoms with Crippen LogP contribution in [0, 0.1) is 12.8 Å². The average molecular weight is 386 g/mol. The zero-order valence-corrected chi connectivity index (χ0v) is 16.1. The molecule has 1 heterocycles. The lowest BCUT2D eigenvalue weighted by Gasteiger charge is -2.31. The van der Waals surface area contributed by atoms with E-state index in [1.54, 1.807) is 25.1 Å². The third-order valence-electron chi connectivity index (χ3n) is 5.13. The molecule has 1 aliphatic heterocycles. The van der Waals surface area contributed by atoms with E-state index in [0.29, 0.717) is 16.8 Å². The summed E-state index contributed by atoms with van der Waals surface area (Å²) >= 11 is 5.93. The number of amides is 2. The summed E-state index contributed by atoms with van der Waals surface area (Å²) in [5.74, 6) is -0.506. The minimum absolute atomic E-state index is 0.00543. The van der Waals surface area contributed by atoms with Crippen molar-refractivity contribution in [2.75, 3.05) is 18.4 Å². The number of hydrogen-bond acceptors (Lipinski definition) is 3. The van der Waals surface area contributed by atoms with E-state index in [9.17, 15) is 9.59 Å². The maximum absolute atomic E-state index is 12.6. The number of benzene rings is 2. The van der Waals surface area contributed by atoms with Gasteiger partial charge >= 0.3 is 0 Å². The molecular formula is C21H24ClN3O2. The molecule has 3 N–H and O–H groups in total. The van der Waals surface area contributed by atoms with Gasteiger partial charge in [-0.2, -0.15) is 0 Å². The van der Waals surface area contributed by atoms with Crippen LogP contribution in [0.1, 0.15) is 34.3 Å². The maximum atomic E-state index is 12.6. The third-order valence-corrected chi connectivity index (χ3v) is 5.39. The standard InChI is InChI=1S/C21H24ClN3O2/c1-14-18(20(23)26)3-2-4-19(14)24-21(27)16-9-11-25(12-10-16)13-15-5-7-17(22)8-6-15/h2-8,16H,9-13H2,1H3,(H2,23,26)(H,24,27). The van der Waals surface area contributed by atoms with Crippen LogP contribution in [0.3, 0.4) is 0 Å². The molecular weight excluding hydrogens is 362 g/mol. The summed E-state index contributed by atoms with van der Waals surface area (Å²) in [4.78, 5) is 26.5. The Balaban J connectivity index is 1.55. The molecule has 1 saturated heterocycles. The van der Waals surface area contributed by atoms with Crippen molar-refractivity contribution in [3.63, 3.8) is 0 Å². The highest BCUT2D eigenvalue weighted by molar-refractivity contribution is 6.30. The van der Waals surface area contributed by atoms with Gasteiger partial charge in [0.15, 0.2) is 0 Å². The van der Waals surface area contributed by atoms with E-state index in [1.807, 2.05) is 24.3 Å². The third kappa shape index (κ3) is 4.87. The van der Waals surface area contributed by atoms with E-state index in [4.69, 9.17) is 17.3 Å². The molecule has 5 nitrogen and oxygen atoms in total. The number of nitrogens with one attached hydrogen (secondary N) is 1. The Hall–Kier alpha value is -2.37. The van der Waals surface area contributed by atoms with Gasteiger partial charge in [-0.05, 0) is 68.2 Å². The van der Waals surface area contributed by atoms with E-state index < -0.39 is 5.91 Å². The number of piperidine rings is 1. The first-order chi connectivity index (χ1) is 12.9. The lowest BCUT2D eigenvalue weighted by molar-refractivity contribution is -0.121. The van der Waals surface area contributed by atoms with Gasteiger partial charge < -0.3 is 11.1 Å². The average Bonchev–Trinajstić information content (AvgIpc) is 2.65. The highest BCUT2D eigenvalue weighted by atomic mass is 35.5. The lowest BCUT2D eigenvalue weighted by atomic mass is 9.95. The number of halogens is 1. The number of carbonyl (C=O) groups is 2. The van der Waals surface area contributed by atoms with Crippen molar-refractivity contribution in [2.45, 2.75) is 26.3 Å². The Bertz CT molecular complexity index is 828. The van der Waals surface area contributed by atoms with Crippen LogP contribution in [-0.2, 0) is 11.3 Å². The quantitative estimate of drug-likeness (QED) is 0.825. The summed E-state index contributed by atoms with van der Waals surface area (Å²) in [5, 5.41) is 3.71. The number of primary amides is 1. The van der Waals surface area contributed by atoms with Crippen molar-refractivity contribution in [1.82, 2.24) is 4.90 Å². The Morgan fingerprint density at radius 1 is 1.15 bits per heavy atom. The van der Waals surface area contributed by atoms with E-state index in [0.717, 1.165) is 37.5 Å². The predicted octanol–water partition coefficient (Wildman–Crippen LogP) is 3.60. The number of likely N-dealkylation sites (tertiary alicyclic amines) is 1. The summed E-state index contributed by atoms with van der Waals surface area (Å²) in [7, 11) is 0. The van der Waals surface area contributed by atoms with E-state index in [-0.39, 0.29) is 11.8 Å². The second kappa shape index (κ2) is 8.55. The molecule has 0 saturated carbocycles. The molecule has 0 spiro atoms. The van der Waals surface area contributed by atoms with Crippen LogP contribution in [0.15, 0.2) is 42.5 Å². The van der Waals surface area contributed by atoms with Crippen LogP contribution in [0.4, 0.5) is 5.69 Å². The first-order valence-corrected chi connectivity index (χ1v) is 9.49. The second-order valence-electron chi connectivity index (χ2n) is 7.01. The first-order valence-electron chi connectivity index (χ1n) is 9.11. The van der Waals surface area contributed by atoms with Gasteiger partial charge in [0, 0.05) is 28.7 Å². The molecule has 1 fully saturated rings. The van der Waals surface area contributed by atoms with Gasteiger partial charge in [-0.15, -0.1) is 0 Å². The second-order valence-corrected chi connectivity index (χ2v) is 7.44. The highest BCUT2D eigenvalue weighted by Crippen LogP contribution is 2.24. The molecule has 1 aliphatic rings. The molecule has 2 amide bonds. The summed E-state index contributed by atoms with van der Waals surface area (Å²) in [6.45, 7) is 4.41. The van der Waals surface area contributed by atoms with E-state index >= 15 is 0 Å². The molecule has 3 rings (SSSR count). The fourth-order valence-corrected chi connectivity index (χ4v) is 3.60. The summed E-state index contributed by atoms with van der Waals surface area (Å²) in [5.41, 5.74) is 8.40. The largest absolute Gasteiger partial charge is 0.366 e. The smallest absolute Gasteiger partial charge is 0.249 e. The first kappa shape index (κ1) is 19.4. The Morgan fingerprint density at radius 2 is 1.81 bits per heavy atom. The number of rotatable bonds is 5. The normalized spacial score (nSPS) is 15.5. The molecule has 0 aliphatic carbocycles. The fraction of sp³-hybridized carbons (Fsp3) is 0.333. The molecule has 27 heavy (non-hydrogen) atoms. The number of nitrogens with two attached hydrogens (primary N) is 1. The van der Waals surface area contributed by atoms with Gasteiger partial charge in [-0.1, -0.05) is 29.8 Å². The number of nitrogens with zero attached hydrogens (tertiary/aromatic N) is 1. The topological polar surface area (TPSA) is 75.4 Å². The van der Waals surface area contributed by atoms with Crippen molar-refractivity contribution in [2.24, 2.45) is 11.7 Å². The van der Waals surface area contributed by atoms with Crippen LogP contribution in [0.2, 0.25) is 5.02 Å². The van der Waals surface area contributed by atoms with Crippen LogP contribution in [0.25, 0.3) is 0 Å². The molecule has 0 atom stereocenters. The predicted molar refractivity (Wildman–Crippen MR) is 108 cm³/mol. The van der Waals surface area contributed by atoms with Gasteiger partial charge in [0.25, 0.3) is 0 Å². The molecule has 0 unspecified atom stereocenters. The molecule has 2 aromatic carbocycles. The SMILES string of the molecule is Cc1c(NC(=O)C2CCN(Cc3ccc(Cl)cc3)CC2)cccc1C(N)=O. The van der Waals surface area contributed by atoms with Crippen molar-refractivity contribution in [3.05, 3.63) is 64.2 Å². The van der Waals surface area contributed by atoms with Crippen molar-refractivity contribution in [3.8, 4) is 0 Å². The number of carbonyl (C=O) groups excluding carboxylic acids is 2. The van der Waals surface area contributed by atoms with Crippen LogP contribution in [-0.4, -0.2) is 29.8 Å². The van der Waals surface area contributed by atoms with Crippen molar-refractivity contribution in [1.29, 1.82) is 0 Å². The monoisotopic (exact) mass is 385 g/mol. The molecule has 6 heteroatoms. The van der Waals surface area contributed by atoms with Crippen molar-refractivity contribution >= 4 is 29.1 Å². The fourth-order valence-electron chi connectivity index (χ4n) is 3.47. The molecule has 0 bridgehead atoms. The van der Waals surface area contributed by atoms with Crippen molar-refractivity contribution < 1.29 is 9.59 Å². The molecule has 0 radical (unpaired) electrons. The van der Waals surface area contributed by atoms with Crippen LogP contribution < -0.4 is 11.1 Å². The van der Waals surface area contributed by atoms with Gasteiger partial charge in [0.1, 0.15) is 0 Å². The summed E-state index contributed by atoms with van der Waals surface area (Å²) in [6, 6.07) is 13.1. The Labute approximate surface area is 164 Å². The van der Waals surface area contributed by atoms with Gasteiger partial charge in [-0.3, -0.25) is 14.5 Å². The minimum Gasteiger partial charge on any atom is -0.366 e. The van der Waals surface area contributed by atoms with Gasteiger partial charge in [0.05, 0.1) is 0 Å². The Morgan fingerprint density at radius 3 is 2.44 bits per heavy atom. The Kier molecular flexibility index (Phi) is 6.14. The molecule has 142 valence electrons. The summed E-state index contributed by atoms with van der Waals surface area (Å²) in [6.07, 6.45) is 1.63. The molecule has 0 aromatic heterocycles. The van der Waals surface area contributed by atoms with Gasteiger partial charge in [-0.25, -0.2) is 0 Å². The number of hydrogen-bond donors (Lipinski definition) is 2. The van der Waals surface area contributed by atoms with Crippen LogP contribution in [0.5, 0.6) is 0 Å². The van der Waals surface area contributed by atoms with Crippen LogP contribution >= 0.6 is 11.6 Å². The minimum atomic E-state index is -0.487. The number of anilines is 1. The zero-order chi connectivity index (χ0) is 19.4. The maximum Gasteiger partial charge on any atom is 0.249 e. The van der Waals surface area contributed by atoms with E-state index in [1.165, 1.54) is 5.56 Å². The summed E-state index contributed by atoms with van der Waals surface area (Å²) < 4.78 is 0. The van der Waals surface area contributed by atoms with Gasteiger partial charge in [0.2, 0.25) is 11.8 Å².